The Balaban J connectivity index is 1.38. The van der Waals surface area contributed by atoms with Crippen LogP contribution in [0.2, 0.25) is 20.1 Å². The molecular formula is C56H40Cl4O4Sb2. The van der Waals surface area contributed by atoms with Crippen LogP contribution in [0.5, 0.6) is 0 Å². The number of hydrogen-bond donors (Lipinski definition) is 0. The van der Waals surface area contributed by atoms with Crippen LogP contribution in [0, 0.1) is 0 Å². The van der Waals surface area contributed by atoms with Crippen LogP contribution < -0.4 is 28.1 Å². The number of carbonyl (C=O) groups is 2. The molecule has 0 spiro atoms. The Morgan fingerprint density at radius 3 is 0.561 bits per heavy atom. The molecule has 0 saturated carbocycles. The van der Waals surface area contributed by atoms with Crippen LogP contribution in [-0.2, 0) is 6.03 Å². The molecule has 0 unspecified atom stereocenters. The van der Waals surface area contributed by atoms with E-state index in [1.807, 2.05) is 243 Å². The normalized spacial score (nSPS) is 12.7. The molecule has 326 valence electrons. The van der Waals surface area contributed by atoms with Gasteiger partial charge in [-0.25, -0.2) is 0 Å². The van der Waals surface area contributed by atoms with E-state index in [1.54, 1.807) is 0 Å². The summed E-state index contributed by atoms with van der Waals surface area (Å²) in [6, 6.07) is 78.2. The predicted molar refractivity (Wildman–Crippen MR) is 277 cm³/mol. The van der Waals surface area contributed by atoms with Gasteiger partial charge in [-0.2, -0.15) is 0 Å². The number of hydrogen-bond acceptors (Lipinski definition) is 4. The molecule has 0 aliphatic rings. The second-order valence-corrected chi connectivity index (χ2v) is 41.7. The summed E-state index contributed by atoms with van der Waals surface area (Å²) in [6.07, 6.45) is 0. The monoisotopic (exact) mass is 1160 g/mol. The zero-order valence-corrected chi connectivity index (χ0v) is 43.3. The summed E-state index contributed by atoms with van der Waals surface area (Å²) in [5, 5.41) is -1.07. The van der Waals surface area contributed by atoms with E-state index in [4.69, 9.17) is 52.4 Å². The maximum absolute atomic E-state index is 16.2. The van der Waals surface area contributed by atoms with E-state index >= 15 is 9.59 Å². The molecule has 0 aliphatic carbocycles. The van der Waals surface area contributed by atoms with E-state index in [1.165, 1.54) is 0 Å². The molecule has 10 heteroatoms. The fourth-order valence-corrected chi connectivity index (χ4v) is 42.3. The number of halogens is 4. The van der Waals surface area contributed by atoms with E-state index in [-0.39, 0.29) is 31.2 Å². The van der Waals surface area contributed by atoms with Crippen molar-refractivity contribution in [3.8, 4) is 0 Å². The Labute approximate surface area is 407 Å². The zero-order chi connectivity index (χ0) is 45.8. The molecule has 66 heavy (non-hydrogen) atoms. The summed E-state index contributed by atoms with van der Waals surface area (Å²) in [6.45, 7) is 0. The van der Waals surface area contributed by atoms with Crippen molar-refractivity contribution in [2.45, 2.75) is 0 Å². The van der Waals surface area contributed by atoms with Gasteiger partial charge < -0.3 is 0 Å². The molecule has 0 atom stereocenters. The van der Waals surface area contributed by atoms with Crippen molar-refractivity contribution in [2.75, 3.05) is 0 Å². The Bertz CT molecular complexity index is 2610. The molecule has 9 rings (SSSR count). The van der Waals surface area contributed by atoms with Crippen molar-refractivity contribution in [1.29, 1.82) is 0 Å². The third-order valence-electron chi connectivity index (χ3n) is 12.2. The van der Waals surface area contributed by atoms with Crippen molar-refractivity contribution in [1.82, 2.24) is 0 Å². The molecule has 0 bridgehead atoms. The fourth-order valence-electron chi connectivity index (χ4n) is 9.35. The first kappa shape index (κ1) is 45.9. The average molecular weight is 1160 g/mol. The van der Waals surface area contributed by atoms with Crippen molar-refractivity contribution >= 4 is 122 Å². The van der Waals surface area contributed by atoms with Gasteiger partial charge in [0.1, 0.15) is 0 Å². The third-order valence-corrected chi connectivity index (χ3v) is 46.3. The van der Waals surface area contributed by atoms with Crippen LogP contribution in [0.1, 0.15) is 20.7 Å². The molecule has 9 aromatic rings. The minimum atomic E-state index is -6.02. The SMILES string of the molecule is O=C([O][Sb]([c]1ccccc1)([c]1ccccc1)([c]1ccccc1)[c]1ccccc1)c1c(Cl)c(Cl)c(Cl)c(Cl)c1C(=O)[O][Sb]([c]1ccccc1)([c]1ccccc1)([c]1ccccc1)[c]1ccccc1. The van der Waals surface area contributed by atoms with Crippen LogP contribution in [0.4, 0.5) is 0 Å². The standard InChI is InChI=1S/C8H2Cl4O4.8C6H5.2Sb/c9-3-1(7(13)14)2(8(15)16)4(10)6(12)5(3)11;8*1-2-4-6-5-3-1;;/h(H,13,14)(H,15,16);8*1-5H;;/q;;;;;;;;;2*+1/p-2. The zero-order valence-electron chi connectivity index (χ0n) is 35.1. The third kappa shape index (κ3) is 7.04. The molecule has 0 aromatic heterocycles. The van der Waals surface area contributed by atoms with E-state index in [0.29, 0.717) is 0 Å². The summed E-state index contributed by atoms with van der Waals surface area (Å²) in [7, 11) is 0. The summed E-state index contributed by atoms with van der Waals surface area (Å²) >= 11 is 16.5. The molecule has 0 radical (unpaired) electrons. The van der Waals surface area contributed by atoms with Crippen molar-refractivity contribution in [2.24, 2.45) is 0 Å². The van der Waals surface area contributed by atoms with E-state index in [9.17, 15) is 0 Å². The van der Waals surface area contributed by atoms with Crippen molar-refractivity contribution < 1.29 is 15.6 Å². The summed E-state index contributed by atoms with van der Waals surface area (Å²) in [5.74, 6) is -1.88. The Kier molecular flexibility index (Phi) is 13.0. The van der Waals surface area contributed by atoms with E-state index in [2.05, 4.69) is 0 Å². The minimum absolute atomic E-state index is 0.222. The van der Waals surface area contributed by atoms with Crippen molar-refractivity contribution in [3.63, 3.8) is 0 Å². The predicted octanol–water partition coefficient (Wildman–Crippen LogP) is 9.67. The molecule has 0 amide bonds. The first-order valence-corrected chi connectivity index (χ1v) is 34.8. The fraction of sp³-hybridized carbons (Fsp3) is 0. The van der Waals surface area contributed by atoms with Gasteiger partial charge in [-0.05, 0) is 0 Å². The maximum atomic E-state index is 16.2. The summed E-state index contributed by atoms with van der Waals surface area (Å²) in [4.78, 5) is 32.5. The number of benzene rings is 9. The van der Waals surface area contributed by atoms with Gasteiger partial charge in [-0.1, -0.05) is 0 Å². The molecule has 0 aliphatic heterocycles. The van der Waals surface area contributed by atoms with E-state index < -0.39 is 47.6 Å². The van der Waals surface area contributed by atoms with Gasteiger partial charge in [0.15, 0.2) is 0 Å². The molecular weight excluding hydrogens is 1120 g/mol. The van der Waals surface area contributed by atoms with E-state index in [0.717, 1.165) is 28.1 Å². The molecule has 0 saturated heterocycles. The van der Waals surface area contributed by atoms with Crippen LogP contribution in [0.15, 0.2) is 243 Å². The molecule has 4 nitrogen and oxygen atoms in total. The molecule has 9 aromatic carbocycles. The number of carbonyl (C=O) groups excluding carboxylic acids is 2. The van der Waals surface area contributed by atoms with Gasteiger partial charge in [0.25, 0.3) is 0 Å². The van der Waals surface area contributed by atoms with Crippen LogP contribution in [0.3, 0.4) is 0 Å². The number of rotatable bonds is 12. The van der Waals surface area contributed by atoms with Gasteiger partial charge in [0, 0.05) is 0 Å². The van der Waals surface area contributed by atoms with Gasteiger partial charge in [-0.15, -0.1) is 0 Å². The first-order chi connectivity index (χ1) is 32.2. The molecule has 0 fully saturated rings. The van der Waals surface area contributed by atoms with Crippen LogP contribution in [0.25, 0.3) is 0 Å². The second kappa shape index (κ2) is 18.8. The Morgan fingerprint density at radius 2 is 0.409 bits per heavy atom. The van der Waals surface area contributed by atoms with Gasteiger partial charge in [0.2, 0.25) is 0 Å². The molecule has 0 N–H and O–H groups in total. The van der Waals surface area contributed by atoms with Crippen LogP contribution >= 0.6 is 46.4 Å². The summed E-state index contributed by atoms with van der Waals surface area (Å²) in [5.41, 5.74) is -0.761. The second-order valence-electron chi connectivity index (χ2n) is 15.5. The van der Waals surface area contributed by atoms with Crippen molar-refractivity contribution in [3.05, 3.63) is 274 Å². The molecule has 0 heterocycles. The van der Waals surface area contributed by atoms with Gasteiger partial charge in [-0.3, -0.25) is 0 Å². The van der Waals surface area contributed by atoms with Gasteiger partial charge in [0.05, 0.1) is 0 Å². The Hall–Kier alpha value is -5.28. The Morgan fingerprint density at radius 1 is 0.258 bits per heavy atom. The van der Waals surface area contributed by atoms with Gasteiger partial charge >= 0.3 is 412 Å². The topological polar surface area (TPSA) is 52.6 Å². The first-order valence-electron chi connectivity index (χ1n) is 21.0. The average Bonchev–Trinajstić information content (AvgIpc) is 3.39. The quantitative estimate of drug-likeness (QED) is 0.0696. The van der Waals surface area contributed by atoms with Crippen LogP contribution in [-0.4, -0.2) is 47.6 Å². The summed E-state index contributed by atoms with van der Waals surface area (Å²) < 4.78 is 21.4.